The number of rotatable bonds is 4. The molecular formula is C18H23N3OS. The van der Waals surface area contributed by atoms with Gasteiger partial charge in [0.2, 0.25) is 0 Å². The summed E-state index contributed by atoms with van der Waals surface area (Å²) in [7, 11) is 2.22. The second-order valence-electron chi connectivity index (χ2n) is 7.28. The maximum absolute atomic E-state index is 5.91. The van der Waals surface area contributed by atoms with Gasteiger partial charge < -0.3 is 4.74 Å². The van der Waals surface area contributed by atoms with Crippen molar-refractivity contribution < 1.29 is 4.74 Å². The van der Waals surface area contributed by atoms with Crippen molar-refractivity contribution in [3.63, 3.8) is 0 Å². The Hall–Kier alpha value is -1.30. The summed E-state index contributed by atoms with van der Waals surface area (Å²) in [5, 5.41) is 3.17. The Morgan fingerprint density at radius 2 is 2.26 bits per heavy atom. The Morgan fingerprint density at radius 3 is 3.04 bits per heavy atom. The van der Waals surface area contributed by atoms with Gasteiger partial charge in [-0.25, -0.2) is 4.98 Å². The van der Waals surface area contributed by atoms with E-state index in [9.17, 15) is 0 Å². The number of fused-ring (bicyclic) bond motifs is 1. The monoisotopic (exact) mass is 329 g/mol. The highest BCUT2D eigenvalue weighted by Crippen LogP contribution is 2.54. The van der Waals surface area contributed by atoms with Crippen LogP contribution in [-0.2, 0) is 11.3 Å². The number of pyridine rings is 1. The highest BCUT2D eigenvalue weighted by atomic mass is 32.1. The molecule has 0 aromatic carbocycles. The largest absolute Gasteiger partial charge is 0.377 e. The molecule has 2 aliphatic rings. The van der Waals surface area contributed by atoms with Crippen LogP contribution in [-0.4, -0.2) is 40.7 Å². The van der Waals surface area contributed by atoms with Gasteiger partial charge in [-0.1, -0.05) is 19.9 Å². The van der Waals surface area contributed by atoms with E-state index in [1.54, 1.807) is 11.3 Å². The quantitative estimate of drug-likeness (QED) is 0.861. The Morgan fingerprint density at radius 1 is 1.39 bits per heavy atom. The predicted octanol–water partition coefficient (Wildman–Crippen LogP) is 3.45. The highest BCUT2D eigenvalue weighted by Gasteiger charge is 2.60. The van der Waals surface area contributed by atoms with Crippen LogP contribution in [0.3, 0.4) is 0 Å². The smallest absolute Gasteiger partial charge is 0.142 e. The molecule has 1 aliphatic heterocycles. The Bertz CT molecular complexity index is 685. The zero-order valence-electron chi connectivity index (χ0n) is 13.9. The molecule has 0 amide bonds. The van der Waals surface area contributed by atoms with Gasteiger partial charge in [-0.15, -0.1) is 11.3 Å². The average molecular weight is 329 g/mol. The zero-order chi connectivity index (χ0) is 16.0. The lowest BCUT2D eigenvalue weighted by Gasteiger charge is -2.57. The standard InChI is InChI=1S/C18H23N3OS/c1-18(2)15(13-7-9-22-16(13)18)21(3)10-12-11-23-17(20-12)14-6-4-5-8-19-14/h4-6,8,11,13,15-16H,7,9-10H2,1-3H3/t13-,15-,16+/m1/s1. The fraction of sp³-hybridized carbons (Fsp3) is 0.556. The van der Waals surface area contributed by atoms with Crippen molar-refractivity contribution in [3.8, 4) is 10.7 Å². The first-order valence-electron chi connectivity index (χ1n) is 8.25. The van der Waals surface area contributed by atoms with Crippen molar-refractivity contribution in [1.82, 2.24) is 14.9 Å². The minimum absolute atomic E-state index is 0.232. The molecule has 0 spiro atoms. The molecule has 0 radical (unpaired) electrons. The van der Waals surface area contributed by atoms with Crippen LogP contribution in [0.2, 0.25) is 0 Å². The van der Waals surface area contributed by atoms with E-state index in [1.807, 2.05) is 24.4 Å². The van der Waals surface area contributed by atoms with Crippen LogP contribution in [0.4, 0.5) is 0 Å². The number of hydrogen-bond donors (Lipinski definition) is 0. The molecule has 5 heteroatoms. The molecule has 4 rings (SSSR count). The van der Waals surface area contributed by atoms with Gasteiger partial charge in [0.15, 0.2) is 0 Å². The second-order valence-corrected chi connectivity index (χ2v) is 8.14. The van der Waals surface area contributed by atoms with Crippen LogP contribution in [0, 0.1) is 11.3 Å². The molecule has 1 saturated carbocycles. The van der Waals surface area contributed by atoms with E-state index in [-0.39, 0.29) is 5.41 Å². The third-order valence-electron chi connectivity index (χ3n) is 5.36. The number of hydrogen-bond acceptors (Lipinski definition) is 5. The van der Waals surface area contributed by atoms with E-state index in [2.05, 4.69) is 36.2 Å². The molecule has 0 N–H and O–H groups in total. The summed E-state index contributed by atoms with van der Waals surface area (Å²) in [6, 6.07) is 6.54. The van der Waals surface area contributed by atoms with Crippen molar-refractivity contribution in [2.75, 3.05) is 13.7 Å². The average Bonchev–Trinajstić information content (AvgIpc) is 3.16. The molecular weight excluding hydrogens is 306 g/mol. The van der Waals surface area contributed by atoms with Crippen molar-refractivity contribution in [2.24, 2.45) is 11.3 Å². The minimum atomic E-state index is 0.232. The van der Waals surface area contributed by atoms with Gasteiger partial charge in [0.25, 0.3) is 0 Å². The van der Waals surface area contributed by atoms with Crippen molar-refractivity contribution in [2.45, 2.75) is 39.0 Å². The molecule has 1 aliphatic carbocycles. The first-order valence-corrected chi connectivity index (χ1v) is 9.13. The third kappa shape index (κ3) is 2.51. The number of thiazole rings is 1. The van der Waals surface area contributed by atoms with Crippen LogP contribution in [0.25, 0.3) is 10.7 Å². The molecule has 3 atom stereocenters. The van der Waals surface area contributed by atoms with Crippen molar-refractivity contribution in [1.29, 1.82) is 0 Å². The summed E-state index contributed by atoms with van der Waals surface area (Å²) in [6.07, 6.45) is 3.45. The number of nitrogens with zero attached hydrogens (tertiary/aromatic N) is 3. The lowest BCUT2D eigenvalue weighted by molar-refractivity contribution is -0.151. The SMILES string of the molecule is CN(Cc1csc(-c2ccccn2)n1)[C@@H]1[C@H]2CCO[C@@H]2C1(C)C. The van der Waals surface area contributed by atoms with E-state index in [0.29, 0.717) is 18.1 Å². The topological polar surface area (TPSA) is 38.2 Å². The van der Waals surface area contributed by atoms with E-state index in [1.165, 1.54) is 6.42 Å². The van der Waals surface area contributed by atoms with Crippen LogP contribution < -0.4 is 0 Å². The lowest BCUT2D eigenvalue weighted by Crippen LogP contribution is -2.65. The van der Waals surface area contributed by atoms with Gasteiger partial charge >= 0.3 is 0 Å². The number of ether oxygens (including phenoxy) is 1. The summed E-state index contributed by atoms with van der Waals surface area (Å²) < 4.78 is 5.91. The lowest BCUT2D eigenvalue weighted by atomic mass is 9.57. The maximum atomic E-state index is 5.91. The Balaban J connectivity index is 1.47. The normalized spacial score (nSPS) is 28.6. The first-order chi connectivity index (χ1) is 11.1. The molecule has 4 nitrogen and oxygen atoms in total. The second kappa shape index (κ2) is 5.65. The predicted molar refractivity (Wildman–Crippen MR) is 92.2 cm³/mol. The summed E-state index contributed by atoms with van der Waals surface area (Å²) in [6.45, 7) is 6.48. The van der Waals surface area contributed by atoms with Gasteiger partial charge in [-0.05, 0) is 25.6 Å². The van der Waals surface area contributed by atoms with E-state index >= 15 is 0 Å². The van der Waals surface area contributed by atoms with E-state index in [0.717, 1.165) is 29.5 Å². The van der Waals surface area contributed by atoms with E-state index < -0.39 is 0 Å². The summed E-state index contributed by atoms with van der Waals surface area (Å²) in [4.78, 5) is 11.6. The third-order valence-corrected chi connectivity index (χ3v) is 6.27. The molecule has 2 aromatic heterocycles. The summed E-state index contributed by atoms with van der Waals surface area (Å²) in [5.74, 6) is 0.684. The van der Waals surface area contributed by atoms with Gasteiger partial charge in [0.1, 0.15) is 5.01 Å². The number of aromatic nitrogens is 2. The summed E-state index contributed by atoms with van der Waals surface area (Å²) in [5.41, 5.74) is 2.33. The first kappa shape index (κ1) is 15.2. The van der Waals surface area contributed by atoms with Gasteiger partial charge in [0.05, 0.1) is 17.5 Å². The molecule has 0 bridgehead atoms. The van der Waals surface area contributed by atoms with Gasteiger partial charge in [-0.3, -0.25) is 9.88 Å². The molecule has 122 valence electrons. The molecule has 1 saturated heterocycles. The maximum Gasteiger partial charge on any atom is 0.142 e. The van der Waals surface area contributed by atoms with Crippen LogP contribution in [0.5, 0.6) is 0 Å². The van der Waals surface area contributed by atoms with Gasteiger partial charge in [0, 0.05) is 42.1 Å². The molecule has 2 aromatic rings. The summed E-state index contributed by atoms with van der Waals surface area (Å²) >= 11 is 1.68. The molecule has 2 fully saturated rings. The van der Waals surface area contributed by atoms with Crippen LogP contribution >= 0.6 is 11.3 Å². The van der Waals surface area contributed by atoms with E-state index in [4.69, 9.17) is 9.72 Å². The zero-order valence-corrected chi connectivity index (χ0v) is 14.7. The fourth-order valence-corrected chi connectivity index (χ4v) is 5.32. The molecule has 3 heterocycles. The molecule has 23 heavy (non-hydrogen) atoms. The Kier molecular flexibility index (Phi) is 3.75. The highest BCUT2D eigenvalue weighted by molar-refractivity contribution is 7.13. The molecule has 0 unspecified atom stereocenters. The van der Waals surface area contributed by atoms with Crippen molar-refractivity contribution >= 4 is 11.3 Å². The van der Waals surface area contributed by atoms with Crippen LogP contribution in [0.15, 0.2) is 29.8 Å². The van der Waals surface area contributed by atoms with Crippen LogP contribution in [0.1, 0.15) is 26.0 Å². The fourth-order valence-electron chi connectivity index (χ4n) is 4.53. The minimum Gasteiger partial charge on any atom is -0.377 e. The van der Waals surface area contributed by atoms with Gasteiger partial charge in [-0.2, -0.15) is 0 Å². The van der Waals surface area contributed by atoms with Crippen molar-refractivity contribution in [3.05, 3.63) is 35.5 Å². The Labute approximate surface area is 141 Å².